The molecule has 0 bridgehead atoms. The number of rotatable bonds is 5. The van der Waals surface area contributed by atoms with Crippen LogP contribution in [0.1, 0.15) is 56.3 Å². The zero-order valence-electron chi connectivity index (χ0n) is 12.6. The predicted molar refractivity (Wildman–Crippen MR) is 84.1 cm³/mol. The monoisotopic (exact) mass is 274 g/mol. The quantitative estimate of drug-likeness (QED) is 0.857. The fourth-order valence-corrected chi connectivity index (χ4v) is 2.77. The van der Waals surface area contributed by atoms with Crippen LogP contribution in [0.25, 0.3) is 0 Å². The molecule has 20 heavy (non-hydrogen) atoms. The van der Waals surface area contributed by atoms with E-state index < -0.39 is 0 Å². The Morgan fingerprint density at radius 2 is 2.00 bits per heavy atom. The molecule has 3 heteroatoms. The van der Waals surface area contributed by atoms with E-state index in [4.69, 9.17) is 0 Å². The Bertz CT molecular complexity index is 436. The van der Waals surface area contributed by atoms with E-state index in [9.17, 15) is 4.79 Å². The average molecular weight is 274 g/mol. The lowest BCUT2D eigenvalue weighted by atomic mass is 9.89. The molecule has 1 fully saturated rings. The van der Waals surface area contributed by atoms with Crippen molar-refractivity contribution < 1.29 is 4.79 Å². The van der Waals surface area contributed by atoms with Gasteiger partial charge in [0.25, 0.3) is 5.91 Å². The van der Waals surface area contributed by atoms with Crippen LogP contribution in [-0.4, -0.2) is 18.5 Å². The van der Waals surface area contributed by atoms with Crippen LogP contribution < -0.4 is 10.6 Å². The van der Waals surface area contributed by atoms with Gasteiger partial charge in [0.1, 0.15) is 0 Å². The molecule has 1 aliphatic carbocycles. The third-order valence-electron chi connectivity index (χ3n) is 3.86. The normalized spacial score (nSPS) is 16.1. The lowest BCUT2D eigenvalue weighted by molar-refractivity contribution is 0.0943. The van der Waals surface area contributed by atoms with Gasteiger partial charge in [0, 0.05) is 23.8 Å². The van der Waals surface area contributed by atoms with Crippen molar-refractivity contribution in [1.29, 1.82) is 0 Å². The summed E-state index contributed by atoms with van der Waals surface area (Å²) in [6, 6.07) is 7.96. The minimum atomic E-state index is 0.00122. The Morgan fingerprint density at radius 3 is 2.70 bits per heavy atom. The fraction of sp³-hybridized carbons (Fsp3) is 0.588. The van der Waals surface area contributed by atoms with Crippen LogP contribution >= 0.6 is 0 Å². The van der Waals surface area contributed by atoms with E-state index in [0.717, 1.165) is 23.7 Å². The molecule has 2 rings (SSSR count). The number of hydrogen-bond acceptors (Lipinski definition) is 2. The number of carbonyl (C=O) groups is 1. The van der Waals surface area contributed by atoms with E-state index in [0.29, 0.717) is 0 Å². The summed E-state index contributed by atoms with van der Waals surface area (Å²) in [7, 11) is 0. The van der Waals surface area contributed by atoms with Crippen LogP contribution in [0.3, 0.4) is 0 Å². The number of anilines is 1. The van der Waals surface area contributed by atoms with Crippen LogP contribution in [0.5, 0.6) is 0 Å². The summed E-state index contributed by atoms with van der Waals surface area (Å²) in [6.45, 7) is 4.97. The summed E-state index contributed by atoms with van der Waals surface area (Å²) in [5.41, 5.74) is 1.78. The highest BCUT2D eigenvalue weighted by Gasteiger charge is 2.13. The largest absolute Gasteiger partial charge is 0.385 e. The van der Waals surface area contributed by atoms with E-state index in [1.165, 1.54) is 32.1 Å². The molecule has 1 aromatic carbocycles. The van der Waals surface area contributed by atoms with Crippen LogP contribution in [0.2, 0.25) is 0 Å². The van der Waals surface area contributed by atoms with Crippen molar-refractivity contribution in [3.05, 3.63) is 29.8 Å². The van der Waals surface area contributed by atoms with E-state index in [-0.39, 0.29) is 11.9 Å². The fourth-order valence-electron chi connectivity index (χ4n) is 2.77. The van der Waals surface area contributed by atoms with Gasteiger partial charge in [-0.1, -0.05) is 25.3 Å². The van der Waals surface area contributed by atoms with E-state index in [1.807, 2.05) is 38.1 Å². The highest BCUT2D eigenvalue weighted by Crippen LogP contribution is 2.24. The maximum Gasteiger partial charge on any atom is 0.251 e. The molecular weight excluding hydrogens is 248 g/mol. The van der Waals surface area contributed by atoms with Crippen molar-refractivity contribution >= 4 is 11.6 Å². The first-order valence-electron chi connectivity index (χ1n) is 7.80. The summed E-state index contributed by atoms with van der Waals surface area (Å²) in [4.78, 5) is 12.0. The second-order valence-corrected chi connectivity index (χ2v) is 6.09. The first-order chi connectivity index (χ1) is 9.65. The number of hydrogen-bond donors (Lipinski definition) is 2. The Hall–Kier alpha value is -1.51. The molecule has 2 N–H and O–H groups in total. The molecule has 0 unspecified atom stereocenters. The SMILES string of the molecule is CC(C)NC(=O)c1cccc(NCC2CCCCC2)c1. The zero-order chi connectivity index (χ0) is 14.4. The van der Waals surface area contributed by atoms with Crippen molar-refractivity contribution in [2.24, 2.45) is 5.92 Å². The van der Waals surface area contributed by atoms with Crippen molar-refractivity contribution in [2.45, 2.75) is 52.0 Å². The van der Waals surface area contributed by atoms with Gasteiger partial charge in [0.15, 0.2) is 0 Å². The Balaban J connectivity index is 1.90. The molecule has 0 radical (unpaired) electrons. The maximum atomic E-state index is 12.0. The lowest BCUT2D eigenvalue weighted by Crippen LogP contribution is -2.30. The molecule has 0 aromatic heterocycles. The number of carbonyl (C=O) groups excluding carboxylic acids is 1. The van der Waals surface area contributed by atoms with Crippen molar-refractivity contribution in [2.75, 3.05) is 11.9 Å². The Morgan fingerprint density at radius 1 is 1.25 bits per heavy atom. The first-order valence-corrected chi connectivity index (χ1v) is 7.80. The maximum absolute atomic E-state index is 12.0. The molecule has 0 spiro atoms. The molecule has 1 aromatic rings. The van der Waals surface area contributed by atoms with E-state index in [2.05, 4.69) is 10.6 Å². The van der Waals surface area contributed by atoms with Crippen LogP contribution in [-0.2, 0) is 0 Å². The summed E-state index contributed by atoms with van der Waals surface area (Å²) in [5, 5.41) is 6.41. The minimum absolute atomic E-state index is 0.00122. The highest BCUT2D eigenvalue weighted by molar-refractivity contribution is 5.95. The lowest BCUT2D eigenvalue weighted by Gasteiger charge is -2.22. The molecule has 0 atom stereocenters. The van der Waals surface area contributed by atoms with Crippen molar-refractivity contribution in [3.63, 3.8) is 0 Å². The topological polar surface area (TPSA) is 41.1 Å². The second-order valence-electron chi connectivity index (χ2n) is 6.09. The van der Waals surface area contributed by atoms with Gasteiger partial charge in [-0.3, -0.25) is 4.79 Å². The predicted octanol–water partition coefficient (Wildman–Crippen LogP) is 3.82. The molecular formula is C17H26N2O. The second kappa shape index (κ2) is 7.32. The van der Waals surface area contributed by atoms with Gasteiger partial charge in [0.2, 0.25) is 0 Å². The summed E-state index contributed by atoms with van der Waals surface area (Å²) < 4.78 is 0. The van der Waals surface area contributed by atoms with Crippen molar-refractivity contribution in [3.8, 4) is 0 Å². The zero-order valence-corrected chi connectivity index (χ0v) is 12.6. The van der Waals surface area contributed by atoms with Crippen molar-refractivity contribution in [1.82, 2.24) is 5.32 Å². The molecule has 0 saturated heterocycles. The van der Waals surface area contributed by atoms with Crippen LogP contribution in [0, 0.1) is 5.92 Å². The van der Waals surface area contributed by atoms with E-state index >= 15 is 0 Å². The van der Waals surface area contributed by atoms with Crippen LogP contribution in [0.4, 0.5) is 5.69 Å². The third kappa shape index (κ3) is 4.55. The molecule has 0 aliphatic heterocycles. The summed E-state index contributed by atoms with van der Waals surface area (Å²) in [6.07, 6.45) is 6.79. The smallest absolute Gasteiger partial charge is 0.251 e. The van der Waals surface area contributed by atoms with Gasteiger partial charge in [0.05, 0.1) is 0 Å². The molecule has 1 saturated carbocycles. The first kappa shape index (κ1) is 14.9. The van der Waals surface area contributed by atoms with Gasteiger partial charge < -0.3 is 10.6 Å². The van der Waals surface area contributed by atoms with Crippen LogP contribution in [0.15, 0.2) is 24.3 Å². The Labute approximate surface area is 122 Å². The minimum Gasteiger partial charge on any atom is -0.385 e. The van der Waals surface area contributed by atoms with E-state index in [1.54, 1.807) is 0 Å². The molecule has 1 aliphatic rings. The highest BCUT2D eigenvalue weighted by atomic mass is 16.1. The van der Waals surface area contributed by atoms with Gasteiger partial charge in [-0.05, 0) is 50.8 Å². The molecule has 1 amide bonds. The molecule has 0 heterocycles. The van der Waals surface area contributed by atoms with Gasteiger partial charge >= 0.3 is 0 Å². The summed E-state index contributed by atoms with van der Waals surface area (Å²) in [5.74, 6) is 0.790. The number of benzene rings is 1. The standard InChI is InChI=1S/C17H26N2O/c1-13(2)19-17(20)15-9-6-10-16(11-15)18-12-14-7-4-3-5-8-14/h6,9-11,13-14,18H,3-5,7-8,12H2,1-2H3,(H,19,20). The molecule has 3 nitrogen and oxygen atoms in total. The summed E-state index contributed by atoms with van der Waals surface area (Å²) >= 11 is 0. The van der Waals surface area contributed by atoms with Gasteiger partial charge in [-0.25, -0.2) is 0 Å². The Kier molecular flexibility index (Phi) is 5.45. The number of amides is 1. The van der Waals surface area contributed by atoms with Gasteiger partial charge in [-0.15, -0.1) is 0 Å². The third-order valence-corrected chi connectivity index (χ3v) is 3.86. The number of nitrogens with one attached hydrogen (secondary N) is 2. The molecule has 110 valence electrons. The van der Waals surface area contributed by atoms with Gasteiger partial charge in [-0.2, -0.15) is 0 Å². The average Bonchev–Trinajstić information content (AvgIpc) is 2.46.